The average molecular weight is 206 g/mol. The lowest BCUT2D eigenvalue weighted by molar-refractivity contribution is 0.773. The zero-order valence-corrected chi connectivity index (χ0v) is 9.94. The van der Waals surface area contributed by atoms with Gasteiger partial charge < -0.3 is 4.40 Å². The molecule has 0 spiro atoms. The minimum absolute atomic E-state index is 0.114. The molecule has 1 atom stereocenters. The van der Waals surface area contributed by atoms with E-state index in [2.05, 4.69) is 51.7 Å². The van der Waals surface area contributed by atoms with Gasteiger partial charge in [-0.25, -0.2) is 4.98 Å². The van der Waals surface area contributed by atoms with Crippen molar-refractivity contribution in [1.82, 2.24) is 9.38 Å². The van der Waals surface area contributed by atoms with Crippen molar-refractivity contribution >= 4 is 14.9 Å². The number of nitrogens with zero attached hydrogens (tertiary/aromatic N) is 2. The molecule has 2 rings (SSSR count). The van der Waals surface area contributed by atoms with Crippen LogP contribution in [0, 0.1) is 6.92 Å². The number of hydrogen-bond acceptors (Lipinski definition) is 1. The van der Waals surface area contributed by atoms with Gasteiger partial charge in [-0.2, -0.15) is 0 Å². The molecule has 0 saturated heterocycles. The highest BCUT2D eigenvalue weighted by molar-refractivity contribution is 7.18. The molecular formula is C11H15N2P. The van der Waals surface area contributed by atoms with Gasteiger partial charge in [0.25, 0.3) is 0 Å². The fourth-order valence-corrected chi connectivity index (χ4v) is 1.72. The highest BCUT2D eigenvalue weighted by Gasteiger charge is 2.15. The number of hydrogen-bond donors (Lipinski definition) is 0. The maximum atomic E-state index is 4.30. The number of aromatic nitrogens is 2. The van der Waals surface area contributed by atoms with Gasteiger partial charge in [0.2, 0.25) is 0 Å². The Morgan fingerprint density at radius 2 is 2.14 bits per heavy atom. The average Bonchev–Trinajstić information content (AvgIpc) is 2.50. The van der Waals surface area contributed by atoms with Crippen molar-refractivity contribution < 1.29 is 0 Å². The summed E-state index contributed by atoms with van der Waals surface area (Å²) in [5.41, 5.74) is 3.58. The van der Waals surface area contributed by atoms with Crippen molar-refractivity contribution in [3.8, 4) is 0 Å². The molecule has 0 aromatic carbocycles. The van der Waals surface area contributed by atoms with Crippen LogP contribution in [-0.2, 0) is 5.16 Å². The largest absolute Gasteiger partial charge is 0.307 e. The normalized spacial score (nSPS) is 12.3. The minimum atomic E-state index is 0.114. The maximum absolute atomic E-state index is 4.30. The Bertz CT molecular complexity index is 466. The van der Waals surface area contributed by atoms with Crippen molar-refractivity contribution in [3.63, 3.8) is 0 Å². The lowest BCUT2D eigenvalue weighted by Crippen LogP contribution is -2.08. The Balaban J connectivity index is 2.70. The van der Waals surface area contributed by atoms with E-state index in [9.17, 15) is 0 Å². The van der Waals surface area contributed by atoms with Crippen molar-refractivity contribution in [1.29, 1.82) is 0 Å². The van der Waals surface area contributed by atoms with E-state index in [1.54, 1.807) is 0 Å². The Morgan fingerprint density at radius 1 is 1.43 bits per heavy atom. The van der Waals surface area contributed by atoms with Crippen molar-refractivity contribution in [2.75, 3.05) is 0 Å². The van der Waals surface area contributed by atoms with E-state index in [4.69, 9.17) is 0 Å². The zero-order chi connectivity index (χ0) is 10.3. The molecule has 14 heavy (non-hydrogen) atoms. The first-order valence-corrected chi connectivity index (χ1v) is 5.29. The lowest BCUT2D eigenvalue weighted by atomic mass is 10.0. The SMILES string of the molecule is Cc1cc(C(C)(C)P)cn2ccnc12. The van der Waals surface area contributed by atoms with Crippen LogP contribution in [0.25, 0.3) is 5.65 Å². The third kappa shape index (κ3) is 1.55. The van der Waals surface area contributed by atoms with Gasteiger partial charge in [0.15, 0.2) is 0 Å². The third-order valence-corrected chi connectivity index (χ3v) is 2.75. The Kier molecular flexibility index (Phi) is 2.11. The molecule has 0 saturated carbocycles. The fraction of sp³-hybridized carbons (Fsp3) is 0.364. The van der Waals surface area contributed by atoms with Gasteiger partial charge in [-0.05, 0) is 18.1 Å². The van der Waals surface area contributed by atoms with Gasteiger partial charge in [0.1, 0.15) is 5.65 Å². The summed E-state index contributed by atoms with van der Waals surface area (Å²) in [6.07, 6.45) is 5.96. The van der Waals surface area contributed by atoms with E-state index in [0.717, 1.165) is 5.65 Å². The molecular weight excluding hydrogens is 191 g/mol. The quantitative estimate of drug-likeness (QED) is 0.656. The summed E-state index contributed by atoms with van der Waals surface area (Å²) >= 11 is 0. The standard InChI is InChI=1S/C11H15N2P/c1-8-6-9(11(2,3)14)7-13-5-4-12-10(8)13/h4-7H,14H2,1-3H3. The molecule has 2 aromatic rings. The molecule has 3 heteroatoms. The van der Waals surface area contributed by atoms with Crippen LogP contribution in [0.15, 0.2) is 24.7 Å². The van der Waals surface area contributed by atoms with Gasteiger partial charge in [0.05, 0.1) is 0 Å². The van der Waals surface area contributed by atoms with Crippen LogP contribution in [0.4, 0.5) is 0 Å². The molecule has 1 unspecified atom stereocenters. The smallest absolute Gasteiger partial charge is 0.139 e. The van der Waals surface area contributed by atoms with E-state index >= 15 is 0 Å². The number of fused-ring (bicyclic) bond motifs is 1. The molecule has 0 aliphatic heterocycles. The molecule has 0 aliphatic carbocycles. The molecule has 2 nitrogen and oxygen atoms in total. The molecule has 0 amide bonds. The monoisotopic (exact) mass is 206 g/mol. The molecule has 0 N–H and O–H groups in total. The second-order valence-electron chi connectivity index (χ2n) is 4.29. The lowest BCUT2D eigenvalue weighted by Gasteiger charge is -2.19. The predicted octanol–water partition coefficient (Wildman–Crippen LogP) is 2.75. The van der Waals surface area contributed by atoms with Gasteiger partial charge in [0, 0.05) is 23.7 Å². The van der Waals surface area contributed by atoms with Gasteiger partial charge >= 0.3 is 0 Å². The second kappa shape index (κ2) is 3.06. The molecule has 2 heterocycles. The summed E-state index contributed by atoms with van der Waals surface area (Å²) in [5, 5.41) is 0.114. The zero-order valence-electron chi connectivity index (χ0n) is 8.78. The van der Waals surface area contributed by atoms with E-state index in [0.29, 0.717) is 0 Å². The maximum Gasteiger partial charge on any atom is 0.139 e. The summed E-state index contributed by atoms with van der Waals surface area (Å²) in [5.74, 6) is 0. The van der Waals surface area contributed by atoms with Crippen LogP contribution < -0.4 is 0 Å². The van der Waals surface area contributed by atoms with Crippen LogP contribution in [-0.4, -0.2) is 9.38 Å². The Hall–Kier alpha value is -0.880. The Labute approximate surface area is 86.6 Å². The van der Waals surface area contributed by atoms with Crippen LogP contribution in [0.3, 0.4) is 0 Å². The second-order valence-corrected chi connectivity index (χ2v) is 5.73. The van der Waals surface area contributed by atoms with Crippen LogP contribution in [0.5, 0.6) is 0 Å². The van der Waals surface area contributed by atoms with Crippen LogP contribution in [0.2, 0.25) is 0 Å². The van der Waals surface area contributed by atoms with Crippen LogP contribution in [0.1, 0.15) is 25.0 Å². The number of imidazole rings is 1. The van der Waals surface area contributed by atoms with E-state index in [1.165, 1.54) is 11.1 Å². The first kappa shape index (κ1) is 9.67. The predicted molar refractivity (Wildman–Crippen MR) is 62.7 cm³/mol. The van der Waals surface area contributed by atoms with Crippen molar-refractivity contribution in [2.24, 2.45) is 0 Å². The van der Waals surface area contributed by atoms with Gasteiger partial charge in [-0.3, -0.25) is 0 Å². The topological polar surface area (TPSA) is 17.3 Å². The van der Waals surface area contributed by atoms with Crippen molar-refractivity contribution in [2.45, 2.75) is 25.9 Å². The highest BCUT2D eigenvalue weighted by Crippen LogP contribution is 2.31. The summed E-state index contributed by atoms with van der Waals surface area (Å²) in [6, 6.07) is 2.20. The molecule has 0 radical (unpaired) electrons. The van der Waals surface area contributed by atoms with E-state index in [-0.39, 0.29) is 5.16 Å². The van der Waals surface area contributed by atoms with Gasteiger partial charge in [-0.1, -0.05) is 19.9 Å². The fourth-order valence-electron chi connectivity index (χ4n) is 1.56. The first-order chi connectivity index (χ1) is 6.48. The van der Waals surface area contributed by atoms with Crippen molar-refractivity contribution in [3.05, 3.63) is 35.8 Å². The summed E-state index contributed by atoms with van der Waals surface area (Å²) in [6.45, 7) is 6.48. The van der Waals surface area contributed by atoms with E-state index in [1.807, 2.05) is 12.4 Å². The third-order valence-electron chi connectivity index (χ3n) is 2.42. The van der Waals surface area contributed by atoms with Crippen LogP contribution >= 0.6 is 9.24 Å². The minimum Gasteiger partial charge on any atom is -0.307 e. The van der Waals surface area contributed by atoms with Gasteiger partial charge in [-0.15, -0.1) is 9.24 Å². The number of aryl methyl sites for hydroxylation is 1. The molecule has 2 aromatic heterocycles. The Morgan fingerprint density at radius 3 is 2.79 bits per heavy atom. The molecule has 0 bridgehead atoms. The number of rotatable bonds is 1. The summed E-state index contributed by atoms with van der Waals surface area (Å²) in [4.78, 5) is 4.30. The molecule has 0 aliphatic rings. The van der Waals surface area contributed by atoms with E-state index < -0.39 is 0 Å². The highest BCUT2D eigenvalue weighted by atomic mass is 31.0. The first-order valence-electron chi connectivity index (χ1n) is 4.71. The summed E-state index contributed by atoms with van der Waals surface area (Å²) in [7, 11) is 2.86. The number of pyridine rings is 1. The summed E-state index contributed by atoms with van der Waals surface area (Å²) < 4.78 is 2.08. The molecule has 0 fully saturated rings. The molecule has 74 valence electrons.